The van der Waals surface area contributed by atoms with Gasteiger partial charge in [-0.3, -0.25) is 4.90 Å². The zero-order chi connectivity index (χ0) is 15.1. The molecule has 2 nitrogen and oxygen atoms in total. The molecule has 1 aromatic carbocycles. The SMILES string of the molecule is CC(C)N(Cc1ccccc1)CC1(CN)CCCCCC1. The van der Waals surface area contributed by atoms with E-state index in [0.717, 1.165) is 19.6 Å². The summed E-state index contributed by atoms with van der Waals surface area (Å²) in [5.74, 6) is 0. The standard InChI is InChI=1S/C19H32N2/c1-17(2)21(14-18-10-6-5-7-11-18)16-19(15-20)12-8-3-4-9-13-19/h5-7,10-11,17H,3-4,8-9,12-16,20H2,1-2H3. The van der Waals surface area contributed by atoms with Gasteiger partial charge < -0.3 is 5.73 Å². The molecule has 0 unspecified atom stereocenters. The predicted octanol–water partition coefficient (Wildman–Crippen LogP) is 4.20. The molecule has 0 aromatic heterocycles. The Labute approximate surface area is 130 Å². The highest BCUT2D eigenvalue weighted by Crippen LogP contribution is 2.35. The van der Waals surface area contributed by atoms with Crippen molar-refractivity contribution in [2.24, 2.45) is 11.1 Å². The molecule has 1 saturated carbocycles. The van der Waals surface area contributed by atoms with E-state index in [2.05, 4.69) is 49.1 Å². The molecule has 0 spiro atoms. The van der Waals surface area contributed by atoms with Crippen LogP contribution in [-0.2, 0) is 6.54 Å². The van der Waals surface area contributed by atoms with Gasteiger partial charge in [-0.05, 0) is 44.2 Å². The predicted molar refractivity (Wildman–Crippen MR) is 91.2 cm³/mol. The van der Waals surface area contributed by atoms with Crippen LogP contribution in [0, 0.1) is 5.41 Å². The Bertz CT molecular complexity index is 391. The summed E-state index contributed by atoms with van der Waals surface area (Å²) in [4.78, 5) is 2.62. The zero-order valence-corrected chi connectivity index (χ0v) is 13.9. The molecule has 0 bridgehead atoms. The van der Waals surface area contributed by atoms with E-state index in [1.165, 1.54) is 44.1 Å². The van der Waals surface area contributed by atoms with Crippen molar-refractivity contribution in [1.29, 1.82) is 0 Å². The van der Waals surface area contributed by atoms with Crippen molar-refractivity contribution in [2.75, 3.05) is 13.1 Å². The van der Waals surface area contributed by atoms with Crippen LogP contribution in [0.25, 0.3) is 0 Å². The van der Waals surface area contributed by atoms with Gasteiger partial charge in [0.15, 0.2) is 0 Å². The summed E-state index contributed by atoms with van der Waals surface area (Å²) < 4.78 is 0. The van der Waals surface area contributed by atoms with Crippen LogP contribution in [0.1, 0.15) is 57.9 Å². The van der Waals surface area contributed by atoms with Gasteiger partial charge in [-0.1, -0.05) is 56.0 Å². The average Bonchev–Trinajstić information content (AvgIpc) is 2.74. The first-order valence-electron chi connectivity index (χ1n) is 8.63. The molecule has 21 heavy (non-hydrogen) atoms. The molecule has 118 valence electrons. The Morgan fingerprint density at radius 2 is 1.67 bits per heavy atom. The molecule has 0 radical (unpaired) electrons. The fourth-order valence-electron chi connectivity index (χ4n) is 3.58. The minimum atomic E-state index is 0.343. The summed E-state index contributed by atoms with van der Waals surface area (Å²) in [6, 6.07) is 11.4. The van der Waals surface area contributed by atoms with E-state index in [1.54, 1.807) is 0 Å². The lowest BCUT2D eigenvalue weighted by Gasteiger charge is -2.39. The van der Waals surface area contributed by atoms with Crippen molar-refractivity contribution in [3.8, 4) is 0 Å². The molecule has 0 heterocycles. The van der Waals surface area contributed by atoms with Crippen LogP contribution in [0.5, 0.6) is 0 Å². The van der Waals surface area contributed by atoms with Gasteiger partial charge in [-0.2, -0.15) is 0 Å². The van der Waals surface area contributed by atoms with Crippen LogP contribution >= 0.6 is 0 Å². The first kappa shape index (κ1) is 16.5. The third-order valence-electron chi connectivity index (χ3n) is 5.09. The number of benzene rings is 1. The molecular formula is C19H32N2. The molecule has 0 saturated heterocycles. The lowest BCUT2D eigenvalue weighted by atomic mass is 9.79. The average molecular weight is 288 g/mol. The van der Waals surface area contributed by atoms with Crippen molar-refractivity contribution in [2.45, 2.75) is 65.0 Å². The van der Waals surface area contributed by atoms with E-state index in [-0.39, 0.29) is 0 Å². The van der Waals surface area contributed by atoms with Crippen LogP contribution in [0.4, 0.5) is 0 Å². The summed E-state index contributed by atoms with van der Waals surface area (Å²) >= 11 is 0. The van der Waals surface area contributed by atoms with Gasteiger partial charge in [0.1, 0.15) is 0 Å². The number of rotatable bonds is 6. The van der Waals surface area contributed by atoms with Gasteiger partial charge in [-0.25, -0.2) is 0 Å². The highest BCUT2D eigenvalue weighted by Gasteiger charge is 2.32. The molecule has 2 heteroatoms. The maximum Gasteiger partial charge on any atom is 0.0236 e. The van der Waals surface area contributed by atoms with E-state index in [4.69, 9.17) is 5.73 Å². The van der Waals surface area contributed by atoms with E-state index in [1.807, 2.05) is 0 Å². The quantitative estimate of drug-likeness (QED) is 0.795. The summed E-state index contributed by atoms with van der Waals surface area (Å²) in [5, 5.41) is 0. The first-order valence-corrected chi connectivity index (χ1v) is 8.63. The first-order chi connectivity index (χ1) is 10.2. The van der Waals surface area contributed by atoms with E-state index in [0.29, 0.717) is 11.5 Å². The maximum atomic E-state index is 6.22. The third-order valence-corrected chi connectivity index (χ3v) is 5.09. The Kier molecular flexibility index (Phi) is 6.25. The number of nitrogens with two attached hydrogens (primary N) is 1. The number of hydrogen-bond donors (Lipinski definition) is 1. The summed E-state index contributed by atoms with van der Waals surface area (Å²) in [7, 11) is 0. The van der Waals surface area contributed by atoms with Gasteiger partial charge in [0.05, 0.1) is 0 Å². The molecule has 0 amide bonds. The van der Waals surface area contributed by atoms with Crippen LogP contribution in [-0.4, -0.2) is 24.0 Å². The summed E-state index contributed by atoms with van der Waals surface area (Å²) in [5.41, 5.74) is 7.97. The number of hydrogen-bond acceptors (Lipinski definition) is 2. The van der Waals surface area contributed by atoms with Crippen LogP contribution in [0.3, 0.4) is 0 Å². The lowest BCUT2D eigenvalue weighted by Crippen LogP contribution is -2.44. The third kappa shape index (κ3) is 4.82. The number of nitrogens with zero attached hydrogens (tertiary/aromatic N) is 1. The Balaban J connectivity index is 2.06. The second kappa shape index (κ2) is 7.95. The monoisotopic (exact) mass is 288 g/mol. The van der Waals surface area contributed by atoms with E-state index in [9.17, 15) is 0 Å². The van der Waals surface area contributed by atoms with E-state index < -0.39 is 0 Å². The Hall–Kier alpha value is -0.860. The van der Waals surface area contributed by atoms with Crippen molar-refractivity contribution < 1.29 is 0 Å². The zero-order valence-electron chi connectivity index (χ0n) is 13.9. The van der Waals surface area contributed by atoms with Crippen LogP contribution in [0.2, 0.25) is 0 Å². The van der Waals surface area contributed by atoms with Crippen LogP contribution in [0.15, 0.2) is 30.3 Å². The van der Waals surface area contributed by atoms with Crippen molar-refractivity contribution in [1.82, 2.24) is 4.90 Å². The molecule has 1 aromatic rings. The Morgan fingerprint density at radius 1 is 1.05 bits per heavy atom. The fourth-order valence-corrected chi connectivity index (χ4v) is 3.58. The molecule has 1 aliphatic carbocycles. The van der Waals surface area contributed by atoms with Gasteiger partial charge in [0.25, 0.3) is 0 Å². The van der Waals surface area contributed by atoms with Gasteiger partial charge in [-0.15, -0.1) is 0 Å². The Morgan fingerprint density at radius 3 is 2.19 bits per heavy atom. The van der Waals surface area contributed by atoms with E-state index >= 15 is 0 Å². The van der Waals surface area contributed by atoms with Gasteiger partial charge >= 0.3 is 0 Å². The molecule has 0 atom stereocenters. The summed E-state index contributed by atoms with van der Waals surface area (Å²) in [6.45, 7) is 7.65. The normalized spacial score (nSPS) is 18.9. The molecule has 2 N–H and O–H groups in total. The topological polar surface area (TPSA) is 29.3 Å². The second-order valence-corrected chi connectivity index (χ2v) is 7.10. The van der Waals surface area contributed by atoms with Crippen molar-refractivity contribution >= 4 is 0 Å². The second-order valence-electron chi connectivity index (χ2n) is 7.10. The van der Waals surface area contributed by atoms with Gasteiger partial charge in [0.2, 0.25) is 0 Å². The smallest absolute Gasteiger partial charge is 0.0236 e. The highest BCUT2D eigenvalue weighted by atomic mass is 15.2. The van der Waals surface area contributed by atoms with Gasteiger partial charge in [0, 0.05) is 19.1 Å². The minimum absolute atomic E-state index is 0.343. The molecule has 1 fully saturated rings. The van der Waals surface area contributed by atoms with Crippen LogP contribution < -0.4 is 5.73 Å². The molecule has 1 aliphatic rings. The molecule has 0 aliphatic heterocycles. The maximum absolute atomic E-state index is 6.22. The minimum Gasteiger partial charge on any atom is -0.330 e. The lowest BCUT2D eigenvalue weighted by molar-refractivity contribution is 0.105. The molecule has 2 rings (SSSR count). The highest BCUT2D eigenvalue weighted by molar-refractivity contribution is 5.14. The summed E-state index contributed by atoms with van der Waals surface area (Å²) in [6.07, 6.45) is 8.11. The van der Waals surface area contributed by atoms with Crippen molar-refractivity contribution in [3.05, 3.63) is 35.9 Å². The largest absolute Gasteiger partial charge is 0.330 e. The van der Waals surface area contributed by atoms with Crippen molar-refractivity contribution in [3.63, 3.8) is 0 Å². The molecular weight excluding hydrogens is 256 g/mol. The fraction of sp³-hybridized carbons (Fsp3) is 0.684.